The maximum absolute atomic E-state index is 12.3. The van der Waals surface area contributed by atoms with E-state index in [1.807, 2.05) is 18.2 Å². The second-order valence-corrected chi connectivity index (χ2v) is 6.40. The normalized spacial score (nSPS) is 13.0. The van der Waals surface area contributed by atoms with Gasteiger partial charge in [0.25, 0.3) is 5.56 Å². The van der Waals surface area contributed by atoms with Crippen LogP contribution in [0.25, 0.3) is 10.1 Å². The first kappa shape index (κ1) is 14.8. The van der Waals surface area contributed by atoms with E-state index in [1.165, 1.54) is 15.5 Å². The molecule has 122 valence electrons. The topological polar surface area (TPSA) is 69.6 Å². The number of aromatic nitrogens is 1. The van der Waals surface area contributed by atoms with E-state index in [9.17, 15) is 9.59 Å². The highest BCUT2D eigenvalue weighted by molar-refractivity contribution is 7.13. The lowest BCUT2D eigenvalue weighted by molar-refractivity contribution is -0.116. The van der Waals surface area contributed by atoms with Crippen molar-refractivity contribution >= 4 is 33.2 Å². The summed E-state index contributed by atoms with van der Waals surface area (Å²) >= 11 is 1.28. The lowest BCUT2D eigenvalue weighted by Gasteiger charge is -2.19. The molecule has 4 rings (SSSR count). The lowest BCUT2D eigenvalue weighted by Crippen LogP contribution is -2.24. The highest BCUT2D eigenvalue weighted by Crippen LogP contribution is 2.32. The fraction of sp³-hybridized carbons (Fsp3) is 0.176. The number of nitrogens with one attached hydrogen (secondary N) is 1. The van der Waals surface area contributed by atoms with Crippen LogP contribution >= 0.6 is 11.5 Å². The highest BCUT2D eigenvalue weighted by atomic mass is 32.1. The van der Waals surface area contributed by atoms with E-state index in [2.05, 4.69) is 5.32 Å². The van der Waals surface area contributed by atoms with Gasteiger partial charge in [0.1, 0.15) is 19.8 Å². The molecule has 0 spiro atoms. The molecule has 0 aliphatic carbocycles. The summed E-state index contributed by atoms with van der Waals surface area (Å²) < 4.78 is 13.3. The summed E-state index contributed by atoms with van der Waals surface area (Å²) in [5, 5.41) is 3.42. The minimum absolute atomic E-state index is 0.0212. The van der Waals surface area contributed by atoms with Gasteiger partial charge in [-0.05, 0) is 24.3 Å². The van der Waals surface area contributed by atoms with Gasteiger partial charge in [-0.25, -0.2) is 0 Å². The van der Waals surface area contributed by atoms with Crippen LogP contribution in [0.4, 0.5) is 5.69 Å². The fourth-order valence-corrected chi connectivity index (χ4v) is 3.57. The Labute approximate surface area is 141 Å². The smallest absolute Gasteiger partial charge is 0.268 e. The van der Waals surface area contributed by atoms with Crippen LogP contribution in [-0.4, -0.2) is 23.1 Å². The first-order chi connectivity index (χ1) is 11.7. The third kappa shape index (κ3) is 2.74. The molecule has 24 heavy (non-hydrogen) atoms. The summed E-state index contributed by atoms with van der Waals surface area (Å²) in [4.78, 5) is 24.5. The van der Waals surface area contributed by atoms with Gasteiger partial charge in [0.05, 0.1) is 10.1 Å². The van der Waals surface area contributed by atoms with Gasteiger partial charge in [-0.2, -0.15) is 0 Å². The molecule has 1 aliphatic rings. The molecule has 6 nitrogen and oxygen atoms in total. The molecule has 0 saturated carbocycles. The number of fused-ring (bicyclic) bond motifs is 2. The van der Waals surface area contributed by atoms with Crippen molar-refractivity contribution < 1.29 is 14.3 Å². The van der Waals surface area contributed by atoms with E-state index < -0.39 is 0 Å². The Balaban J connectivity index is 1.52. The van der Waals surface area contributed by atoms with E-state index in [1.54, 1.807) is 24.3 Å². The van der Waals surface area contributed by atoms with Crippen LogP contribution in [0.2, 0.25) is 0 Å². The van der Waals surface area contributed by atoms with Gasteiger partial charge in [0.15, 0.2) is 11.5 Å². The molecule has 7 heteroatoms. The molecule has 1 amide bonds. The van der Waals surface area contributed by atoms with Gasteiger partial charge in [-0.1, -0.05) is 23.7 Å². The summed E-state index contributed by atoms with van der Waals surface area (Å²) in [7, 11) is 0. The second-order valence-electron chi connectivity index (χ2n) is 5.34. The van der Waals surface area contributed by atoms with Gasteiger partial charge in [0, 0.05) is 11.8 Å². The van der Waals surface area contributed by atoms with Gasteiger partial charge in [-0.3, -0.25) is 13.5 Å². The van der Waals surface area contributed by atoms with E-state index in [0.29, 0.717) is 35.8 Å². The van der Waals surface area contributed by atoms with E-state index in [4.69, 9.17) is 9.47 Å². The predicted molar refractivity (Wildman–Crippen MR) is 92.1 cm³/mol. The summed E-state index contributed by atoms with van der Waals surface area (Å²) in [6, 6.07) is 12.6. The van der Waals surface area contributed by atoms with Crippen molar-refractivity contribution in [2.75, 3.05) is 18.5 Å². The van der Waals surface area contributed by atoms with Crippen molar-refractivity contribution in [2.24, 2.45) is 0 Å². The molecular weight excluding hydrogens is 328 g/mol. The van der Waals surface area contributed by atoms with Gasteiger partial charge in [-0.15, -0.1) is 0 Å². The van der Waals surface area contributed by atoms with Crippen LogP contribution in [0.5, 0.6) is 11.5 Å². The monoisotopic (exact) mass is 342 g/mol. The van der Waals surface area contributed by atoms with Crippen LogP contribution in [0.3, 0.4) is 0 Å². The largest absolute Gasteiger partial charge is 0.486 e. The van der Waals surface area contributed by atoms with Crippen molar-refractivity contribution in [1.82, 2.24) is 3.96 Å². The minimum Gasteiger partial charge on any atom is -0.486 e. The molecule has 0 bridgehead atoms. The molecule has 0 fully saturated rings. The van der Waals surface area contributed by atoms with Crippen molar-refractivity contribution in [3.05, 3.63) is 52.8 Å². The molecule has 1 aliphatic heterocycles. The Bertz CT molecular complexity index is 976. The number of hydrogen-bond acceptors (Lipinski definition) is 5. The number of benzene rings is 2. The maximum atomic E-state index is 12.3. The molecule has 3 aromatic rings. The standard InChI is InChI=1S/C17H14N2O4S/c20-16(10-19-17(21)12-3-1-2-4-15(12)24-19)18-11-5-6-13-14(9-11)23-8-7-22-13/h1-6,9H,7-8,10H2,(H,18,20). The Morgan fingerprint density at radius 2 is 1.92 bits per heavy atom. The van der Waals surface area contributed by atoms with Crippen molar-refractivity contribution in [1.29, 1.82) is 0 Å². The number of carbonyl (C=O) groups excluding carboxylic acids is 1. The summed E-state index contributed by atoms with van der Waals surface area (Å²) in [6.07, 6.45) is 0. The summed E-state index contributed by atoms with van der Waals surface area (Å²) in [5.41, 5.74) is 0.464. The summed E-state index contributed by atoms with van der Waals surface area (Å²) in [6.45, 7) is 0.988. The zero-order valence-electron chi connectivity index (χ0n) is 12.7. The minimum atomic E-state index is -0.264. The first-order valence-electron chi connectivity index (χ1n) is 7.49. The molecule has 1 aromatic heterocycles. The third-order valence-corrected chi connectivity index (χ3v) is 4.73. The number of ether oxygens (including phenoxy) is 2. The van der Waals surface area contributed by atoms with Gasteiger partial charge < -0.3 is 14.8 Å². The first-order valence-corrected chi connectivity index (χ1v) is 8.26. The Morgan fingerprint density at radius 3 is 2.75 bits per heavy atom. The average molecular weight is 342 g/mol. The number of nitrogens with zero attached hydrogens (tertiary/aromatic N) is 1. The van der Waals surface area contributed by atoms with Crippen LogP contribution < -0.4 is 20.3 Å². The van der Waals surface area contributed by atoms with Crippen LogP contribution in [0, 0.1) is 0 Å². The van der Waals surface area contributed by atoms with Crippen molar-refractivity contribution in [3.63, 3.8) is 0 Å². The zero-order chi connectivity index (χ0) is 16.5. The third-order valence-electron chi connectivity index (χ3n) is 3.67. The number of carbonyl (C=O) groups is 1. The number of rotatable bonds is 3. The number of anilines is 1. The van der Waals surface area contributed by atoms with Crippen molar-refractivity contribution in [3.8, 4) is 11.5 Å². The molecule has 0 unspecified atom stereocenters. The van der Waals surface area contributed by atoms with Crippen LogP contribution in [0.1, 0.15) is 0 Å². The second kappa shape index (κ2) is 6.01. The fourth-order valence-electron chi connectivity index (χ4n) is 2.57. The zero-order valence-corrected chi connectivity index (χ0v) is 13.5. The number of hydrogen-bond donors (Lipinski definition) is 1. The van der Waals surface area contributed by atoms with E-state index in [0.717, 1.165) is 4.70 Å². The number of amides is 1. The maximum Gasteiger partial charge on any atom is 0.268 e. The lowest BCUT2D eigenvalue weighted by atomic mass is 10.2. The Hall–Kier alpha value is -2.80. The van der Waals surface area contributed by atoms with Gasteiger partial charge in [0.2, 0.25) is 5.91 Å². The highest BCUT2D eigenvalue weighted by Gasteiger charge is 2.14. The molecule has 0 saturated heterocycles. The van der Waals surface area contributed by atoms with Crippen molar-refractivity contribution in [2.45, 2.75) is 6.54 Å². The van der Waals surface area contributed by atoms with Gasteiger partial charge >= 0.3 is 0 Å². The quantitative estimate of drug-likeness (QED) is 0.794. The molecule has 2 heterocycles. The van der Waals surface area contributed by atoms with Crippen LogP contribution in [0.15, 0.2) is 47.3 Å². The molecule has 2 aromatic carbocycles. The Morgan fingerprint density at radius 1 is 1.12 bits per heavy atom. The predicted octanol–water partition coefficient (Wildman–Crippen LogP) is 2.47. The molecule has 1 N–H and O–H groups in total. The Kier molecular flexibility index (Phi) is 3.70. The SMILES string of the molecule is O=C(Cn1sc2ccccc2c1=O)Nc1ccc2c(c1)OCCO2. The average Bonchev–Trinajstić information content (AvgIpc) is 2.91. The summed E-state index contributed by atoms with van der Waals surface area (Å²) in [5.74, 6) is 1.01. The van der Waals surface area contributed by atoms with E-state index >= 15 is 0 Å². The molecular formula is C17H14N2O4S. The molecule has 0 atom stereocenters. The van der Waals surface area contributed by atoms with E-state index in [-0.39, 0.29) is 18.0 Å². The molecule has 0 radical (unpaired) electrons. The van der Waals surface area contributed by atoms with Crippen LogP contribution in [-0.2, 0) is 11.3 Å².